The van der Waals surface area contributed by atoms with Crippen molar-refractivity contribution in [3.63, 3.8) is 0 Å². The van der Waals surface area contributed by atoms with Crippen LogP contribution in [0.1, 0.15) is 30.0 Å². The number of hydrogen-bond donors (Lipinski definition) is 0. The molecule has 3 rings (SSSR count). The highest BCUT2D eigenvalue weighted by atomic mass is 35.5. The molecule has 0 radical (unpaired) electrons. The van der Waals surface area contributed by atoms with Gasteiger partial charge in [-0.05, 0) is 71.7 Å². The molecule has 3 aromatic rings. The van der Waals surface area contributed by atoms with E-state index in [-0.39, 0.29) is 5.75 Å². The van der Waals surface area contributed by atoms with Crippen molar-refractivity contribution in [1.82, 2.24) is 0 Å². The number of nitriles is 1. The molecule has 0 atom stereocenters. The number of carbonyl (C=O) groups is 1. The van der Waals surface area contributed by atoms with E-state index in [1.807, 2.05) is 13.0 Å². The Hall–Kier alpha value is -4.21. The number of rotatable bonds is 10. The Labute approximate surface area is 215 Å². The van der Waals surface area contributed by atoms with Crippen LogP contribution in [0.2, 0.25) is 5.02 Å². The molecule has 0 bridgehead atoms. The fourth-order valence-electron chi connectivity index (χ4n) is 3.26. The minimum atomic E-state index is -0.569. The van der Waals surface area contributed by atoms with E-state index < -0.39 is 5.97 Å². The predicted octanol–water partition coefficient (Wildman–Crippen LogP) is 6.83. The maximum absolute atomic E-state index is 12.5. The van der Waals surface area contributed by atoms with Crippen LogP contribution in [0.3, 0.4) is 0 Å². The fourth-order valence-corrected chi connectivity index (χ4v) is 3.39. The molecule has 3 aromatic carbocycles. The maximum Gasteiger partial charge on any atom is 0.336 e. The number of esters is 1. The summed E-state index contributed by atoms with van der Waals surface area (Å²) >= 11 is 5.94. The van der Waals surface area contributed by atoms with Gasteiger partial charge in [-0.1, -0.05) is 42.8 Å². The van der Waals surface area contributed by atoms with Gasteiger partial charge in [0.2, 0.25) is 0 Å². The van der Waals surface area contributed by atoms with Gasteiger partial charge in [-0.15, -0.1) is 0 Å². The Morgan fingerprint density at radius 3 is 2.22 bits per heavy atom. The molecule has 0 N–H and O–H groups in total. The van der Waals surface area contributed by atoms with Crippen molar-refractivity contribution in [3.05, 3.63) is 88.5 Å². The second-order valence-corrected chi connectivity index (χ2v) is 8.04. The number of halogens is 1. The van der Waals surface area contributed by atoms with Crippen molar-refractivity contribution in [1.29, 1.82) is 5.26 Å². The van der Waals surface area contributed by atoms with Crippen LogP contribution in [0.15, 0.2) is 66.7 Å². The number of benzene rings is 3. The van der Waals surface area contributed by atoms with E-state index in [1.54, 1.807) is 73.9 Å². The second kappa shape index (κ2) is 13.0. The lowest BCUT2D eigenvalue weighted by molar-refractivity contribution is -0.129. The third kappa shape index (κ3) is 7.14. The van der Waals surface area contributed by atoms with Gasteiger partial charge >= 0.3 is 5.97 Å². The number of allylic oxidation sites excluding steroid dienone is 1. The summed E-state index contributed by atoms with van der Waals surface area (Å²) in [6, 6.07) is 19.7. The van der Waals surface area contributed by atoms with E-state index in [0.29, 0.717) is 40.0 Å². The van der Waals surface area contributed by atoms with E-state index in [9.17, 15) is 10.1 Å². The second-order valence-electron chi connectivity index (χ2n) is 7.60. The van der Waals surface area contributed by atoms with Gasteiger partial charge in [0, 0.05) is 11.1 Å². The molecule has 184 valence electrons. The summed E-state index contributed by atoms with van der Waals surface area (Å²) in [4.78, 5) is 12.5. The molecule has 0 aliphatic heterocycles. The molecule has 0 heterocycles. The van der Waals surface area contributed by atoms with Crippen molar-refractivity contribution >= 4 is 35.3 Å². The van der Waals surface area contributed by atoms with Gasteiger partial charge in [-0.3, -0.25) is 0 Å². The number of ether oxygens (including phenoxy) is 4. The quantitative estimate of drug-likeness (QED) is 0.0991. The lowest BCUT2D eigenvalue weighted by Crippen LogP contribution is -2.05. The van der Waals surface area contributed by atoms with Crippen LogP contribution in [0.5, 0.6) is 23.0 Å². The van der Waals surface area contributed by atoms with E-state index in [0.717, 1.165) is 17.5 Å². The van der Waals surface area contributed by atoms with Crippen LogP contribution < -0.4 is 18.9 Å². The van der Waals surface area contributed by atoms with E-state index in [4.69, 9.17) is 30.5 Å². The summed E-state index contributed by atoms with van der Waals surface area (Å²) in [5, 5.41) is 10.2. The molecule has 6 nitrogen and oxygen atoms in total. The van der Waals surface area contributed by atoms with Gasteiger partial charge < -0.3 is 18.9 Å². The summed E-state index contributed by atoms with van der Waals surface area (Å²) in [5.41, 5.74) is 2.67. The summed E-state index contributed by atoms with van der Waals surface area (Å²) in [5.74, 6) is 1.28. The number of hydrogen-bond acceptors (Lipinski definition) is 6. The van der Waals surface area contributed by atoms with Crippen LogP contribution >= 0.6 is 11.6 Å². The van der Waals surface area contributed by atoms with Gasteiger partial charge in [0.1, 0.15) is 0 Å². The molecule has 7 heteroatoms. The van der Waals surface area contributed by atoms with Crippen molar-refractivity contribution in [2.24, 2.45) is 0 Å². The van der Waals surface area contributed by atoms with E-state index in [1.165, 1.54) is 13.2 Å². The Kier molecular flexibility index (Phi) is 9.56. The molecule has 0 amide bonds. The molecule has 0 fully saturated rings. The summed E-state index contributed by atoms with van der Waals surface area (Å²) in [7, 11) is 3.05. The summed E-state index contributed by atoms with van der Waals surface area (Å²) in [6.07, 6.45) is 5.56. The first-order valence-corrected chi connectivity index (χ1v) is 11.6. The first-order valence-electron chi connectivity index (χ1n) is 11.2. The van der Waals surface area contributed by atoms with Gasteiger partial charge in [0.15, 0.2) is 23.0 Å². The van der Waals surface area contributed by atoms with Crippen LogP contribution in [0, 0.1) is 11.3 Å². The maximum atomic E-state index is 12.5. The van der Waals surface area contributed by atoms with E-state index in [2.05, 4.69) is 6.07 Å². The highest BCUT2D eigenvalue weighted by molar-refractivity contribution is 6.30. The van der Waals surface area contributed by atoms with Crippen LogP contribution in [-0.4, -0.2) is 26.8 Å². The standard InChI is InChI=1S/C29H26ClNO5/c1-4-15-35-25-12-5-20(17-27(25)33-2)7-14-29(32)36-26-13-6-21(18-28(26)34-3)16-23(19-31)22-8-10-24(30)11-9-22/h5-14,16-18H,4,15H2,1-3H3/b14-7+,23-16+. The SMILES string of the molecule is CCCOc1ccc(/C=C/C(=O)Oc2ccc(/C=C(\C#N)c3ccc(Cl)cc3)cc2OC)cc1OC. The largest absolute Gasteiger partial charge is 0.493 e. The third-order valence-corrected chi connectivity index (χ3v) is 5.30. The zero-order chi connectivity index (χ0) is 25.9. The smallest absolute Gasteiger partial charge is 0.336 e. The Balaban J connectivity index is 1.74. The molecular weight excluding hydrogens is 478 g/mol. The van der Waals surface area contributed by atoms with Gasteiger partial charge in [-0.2, -0.15) is 5.26 Å². The van der Waals surface area contributed by atoms with Crippen molar-refractivity contribution in [3.8, 4) is 29.1 Å². The highest BCUT2D eigenvalue weighted by Gasteiger charge is 2.10. The average Bonchev–Trinajstić information content (AvgIpc) is 2.90. The number of methoxy groups -OCH3 is 2. The molecule has 0 aliphatic carbocycles. The van der Waals surface area contributed by atoms with E-state index >= 15 is 0 Å². The molecule has 0 aliphatic rings. The van der Waals surface area contributed by atoms with Crippen LogP contribution in [0.4, 0.5) is 0 Å². The monoisotopic (exact) mass is 503 g/mol. The average molecular weight is 504 g/mol. The topological polar surface area (TPSA) is 77.8 Å². The summed E-state index contributed by atoms with van der Waals surface area (Å²) < 4.78 is 21.9. The first-order chi connectivity index (χ1) is 17.5. The molecule has 0 spiro atoms. The fraction of sp³-hybridized carbons (Fsp3) is 0.172. The minimum absolute atomic E-state index is 0.259. The zero-order valence-corrected chi connectivity index (χ0v) is 21.0. The molecular formula is C29H26ClNO5. The normalized spacial score (nSPS) is 11.1. The summed E-state index contributed by atoms with van der Waals surface area (Å²) in [6.45, 7) is 2.62. The number of carbonyl (C=O) groups excluding carboxylic acids is 1. The zero-order valence-electron chi connectivity index (χ0n) is 20.3. The van der Waals surface area contributed by atoms with Crippen LogP contribution in [0.25, 0.3) is 17.7 Å². The van der Waals surface area contributed by atoms with Gasteiger partial charge in [-0.25, -0.2) is 4.79 Å². The molecule has 36 heavy (non-hydrogen) atoms. The number of nitrogens with zero attached hydrogens (tertiary/aromatic N) is 1. The lowest BCUT2D eigenvalue weighted by Gasteiger charge is -2.10. The first kappa shape index (κ1) is 26.4. The van der Waals surface area contributed by atoms with Crippen LogP contribution in [-0.2, 0) is 4.79 Å². The van der Waals surface area contributed by atoms with Crippen molar-refractivity contribution < 1.29 is 23.7 Å². The van der Waals surface area contributed by atoms with Gasteiger partial charge in [0.25, 0.3) is 0 Å². The minimum Gasteiger partial charge on any atom is -0.493 e. The van der Waals surface area contributed by atoms with Crippen molar-refractivity contribution in [2.45, 2.75) is 13.3 Å². The van der Waals surface area contributed by atoms with Crippen molar-refractivity contribution in [2.75, 3.05) is 20.8 Å². The molecule has 0 unspecified atom stereocenters. The Morgan fingerprint density at radius 1 is 0.917 bits per heavy atom. The molecule has 0 aromatic heterocycles. The van der Waals surface area contributed by atoms with Gasteiger partial charge in [0.05, 0.1) is 32.5 Å². The third-order valence-electron chi connectivity index (χ3n) is 5.05. The Morgan fingerprint density at radius 2 is 1.56 bits per heavy atom. The Bertz CT molecular complexity index is 1310. The lowest BCUT2D eigenvalue weighted by atomic mass is 10.0. The molecule has 0 saturated heterocycles. The predicted molar refractivity (Wildman–Crippen MR) is 141 cm³/mol. The molecule has 0 saturated carbocycles. The highest BCUT2D eigenvalue weighted by Crippen LogP contribution is 2.31.